The second kappa shape index (κ2) is 8.04. The van der Waals surface area contributed by atoms with E-state index in [0.29, 0.717) is 34.8 Å². The van der Waals surface area contributed by atoms with Gasteiger partial charge >= 0.3 is 5.97 Å². The third-order valence-electron chi connectivity index (χ3n) is 4.48. The van der Waals surface area contributed by atoms with E-state index in [1.807, 2.05) is 43.5 Å². The number of carbonyl (C=O) groups is 1. The molecular formula is C21H16N8O2S. The van der Waals surface area contributed by atoms with Crippen LogP contribution in [0.2, 0.25) is 0 Å². The molecule has 0 spiro atoms. The molecule has 0 aliphatic carbocycles. The standard InChI is InChI=1S/C21H16N8O2S/c1-12-4-2-5-14(23-12)18-27-19(15-6-3-9-29(15)28-18)25-17-7-8-22-21(26-17)24-13-10-16(20(30)31)32-11-13/h2-11H,1H3,(H,30,31)(H2,22,24,25,26,27,28). The van der Waals surface area contributed by atoms with Crippen LogP contribution >= 0.6 is 11.3 Å². The third-order valence-corrected chi connectivity index (χ3v) is 5.40. The van der Waals surface area contributed by atoms with Crippen LogP contribution < -0.4 is 10.6 Å². The molecule has 0 amide bonds. The number of nitrogens with zero attached hydrogens (tertiary/aromatic N) is 6. The zero-order chi connectivity index (χ0) is 22.1. The third kappa shape index (κ3) is 3.96. The second-order valence-electron chi connectivity index (χ2n) is 6.81. The minimum atomic E-state index is -0.974. The van der Waals surface area contributed by atoms with E-state index in [4.69, 9.17) is 5.11 Å². The van der Waals surface area contributed by atoms with E-state index >= 15 is 0 Å². The van der Waals surface area contributed by atoms with Crippen molar-refractivity contribution in [3.63, 3.8) is 0 Å². The Bertz CT molecular complexity index is 1440. The summed E-state index contributed by atoms with van der Waals surface area (Å²) in [6.07, 6.45) is 3.44. The number of fused-ring (bicyclic) bond motifs is 1. The van der Waals surface area contributed by atoms with Crippen molar-refractivity contribution in [1.82, 2.24) is 29.5 Å². The molecule has 0 aliphatic rings. The van der Waals surface area contributed by atoms with Gasteiger partial charge in [-0.05, 0) is 43.3 Å². The van der Waals surface area contributed by atoms with Crippen LogP contribution in [0.1, 0.15) is 15.4 Å². The zero-order valence-corrected chi connectivity index (χ0v) is 17.5. The normalized spacial score (nSPS) is 10.9. The molecule has 0 atom stereocenters. The summed E-state index contributed by atoms with van der Waals surface area (Å²) >= 11 is 1.13. The number of pyridine rings is 1. The second-order valence-corrected chi connectivity index (χ2v) is 7.72. The Morgan fingerprint density at radius 2 is 2.00 bits per heavy atom. The van der Waals surface area contributed by atoms with E-state index in [0.717, 1.165) is 22.5 Å². The number of nitrogens with one attached hydrogen (secondary N) is 2. The molecule has 5 aromatic rings. The molecule has 0 unspecified atom stereocenters. The summed E-state index contributed by atoms with van der Waals surface area (Å²) in [5.41, 5.74) is 2.92. The first kappa shape index (κ1) is 19.6. The highest BCUT2D eigenvalue weighted by molar-refractivity contribution is 7.12. The summed E-state index contributed by atoms with van der Waals surface area (Å²) in [7, 11) is 0. The highest BCUT2D eigenvalue weighted by Gasteiger charge is 2.12. The number of aromatic nitrogens is 6. The fourth-order valence-electron chi connectivity index (χ4n) is 3.06. The molecule has 0 aliphatic heterocycles. The molecule has 0 bridgehead atoms. The molecule has 5 rings (SSSR count). The maximum absolute atomic E-state index is 11.1. The van der Waals surface area contributed by atoms with Crippen LogP contribution in [-0.4, -0.2) is 40.6 Å². The molecule has 3 N–H and O–H groups in total. The topological polar surface area (TPSA) is 130 Å². The summed E-state index contributed by atoms with van der Waals surface area (Å²) < 4.78 is 1.73. The van der Waals surface area contributed by atoms with Gasteiger partial charge in [0.25, 0.3) is 0 Å². The van der Waals surface area contributed by atoms with Gasteiger partial charge in [-0.25, -0.2) is 24.3 Å². The van der Waals surface area contributed by atoms with Crippen LogP contribution in [-0.2, 0) is 0 Å². The molecule has 10 nitrogen and oxygen atoms in total. The van der Waals surface area contributed by atoms with Crippen LogP contribution in [0.5, 0.6) is 0 Å². The van der Waals surface area contributed by atoms with Gasteiger partial charge in [-0.15, -0.1) is 16.4 Å². The molecular weight excluding hydrogens is 428 g/mol. The summed E-state index contributed by atoms with van der Waals surface area (Å²) in [6.45, 7) is 1.92. The van der Waals surface area contributed by atoms with Gasteiger partial charge in [0.2, 0.25) is 11.8 Å². The smallest absolute Gasteiger partial charge is 0.345 e. The van der Waals surface area contributed by atoms with Crippen molar-refractivity contribution in [1.29, 1.82) is 0 Å². The SMILES string of the molecule is Cc1cccc(-c2nc(Nc3ccnc(Nc4csc(C(=O)O)c4)n3)c3cccn3n2)n1. The summed E-state index contributed by atoms with van der Waals surface area (Å²) in [5.74, 6) is 0.911. The average Bonchev–Trinajstić information content (AvgIpc) is 3.44. The lowest BCUT2D eigenvalue weighted by molar-refractivity contribution is 0.0702. The largest absolute Gasteiger partial charge is 0.477 e. The van der Waals surface area contributed by atoms with E-state index in [-0.39, 0.29) is 4.88 Å². The Kier molecular flexibility index (Phi) is 4.92. The summed E-state index contributed by atoms with van der Waals surface area (Å²) in [4.78, 5) is 29.2. The number of anilines is 4. The lowest BCUT2D eigenvalue weighted by Gasteiger charge is -2.10. The highest BCUT2D eigenvalue weighted by atomic mass is 32.1. The first-order valence-corrected chi connectivity index (χ1v) is 10.4. The first-order valence-electron chi connectivity index (χ1n) is 9.53. The summed E-state index contributed by atoms with van der Waals surface area (Å²) in [5, 5.41) is 21.6. The van der Waals surface area contributed by atoms with Crippen molar-refractivity contribution in [3.8, 4) is 11.5 Å². The van der Waals surface area contributed by atoms with Gasteiger partial charge in [0.1, 0.15) is 21.9 Å². The molecule has 158 valence electrons. The monoisotopic (exact) mass is 444 g/mol. The van der Waals surface area contributed by atoms with Gasteiger partial charge in [0.15, 0.2) is 5.82 Å². The fourth-order valence-corrected chi connectivity index (χ4v) is 3.73. The van der Waals surface area contributed by atoms with E-state index < -0.39 is 5.97 Å². The maximum atomic E-state index is 11.1. The Labute approximate surface area is 185 Å². The van der Waals surface area contributed by atoms with Gasteiger partial charge in [0, 0.05) is 23.5 Å². The molecule has 11 heteroatoms. The number of hydrogen-bond acceptors (Lipinski definition) is 9. The number of carboxylic acids is 1. The Morgan fingerprint density at radius 3 is 2.81 bits per heavy atom. The van der Waals surface area contributed by atoms with Gasteiger partial charge in [-0.1, -0.05) is 6.07 Å². The molecule has 32 heavy (non-hydrogen) atoms. The van der Waals surface area contributed by atoms with Gasteiger partial charge in [0.05, 0.1) is 5.69 Å². The molecule has 5 heterocycles. The number of aryl methyl sites for hydroxylation is 1. The fraction of sp³-hybridized carbons (Fsp3) is 0.0476. The van der Waals surface area contributed by atoms with E-state index in [9.17, 15) is 4.79 Å². The molecule has 0 fully saturated rings. The molecule has 5 aromatic heterocycles. The van der Waals surface area contributed by atoms with Crippen molar-refractivity contribution in [2.45, 2.75) is 6.92 Å². The minimum Gasteiger partial charge on any atom is -0.477 e. The van der Waals surface area contributed by atoms with Crippen molar-refractivity contribution < 1.29 is 9.90 Å². The van der Waals surface area contributed by atoms with Crippen molar-refractivity contribution in [2.24, 2.45) is 0 Å². The number of thiophene rings is 1. The molecule has 0 saturated carbocycles. The highest BCUT2D eigenvalue weighted by Crippen LogP contribution is 2.25. The first-order chi connectivity index (χ1) is 15.5. The van der Waals surface area contributed by atoms with E-state index in [2.05, 4.69) is 35.7 Å². The van der Waals surface area contributed by atoms with Crippen LogP contribution in [0.15, 0.2) is 60.2 Å². The van der Waals surface area contributed by atoms with E-state index in [1.165, 1.54) is 6.07 Å². The summed E-state index contributed by atoms with van der Waals surface area (Å²) in [6, 6.07) is 12.7. The Morgan fingerprint density at radius 1 is 1.09 bits per heavy atom. The predicted octanol–water partition coefficient (Wildman–Crippen LogP) is 4.14. The Balaban J connectivity index is 1.46. The van der Waals surface area contributed by atoms with Gasteiger partial charge in [-0.3, -0.25) is 0 Å². The van der Waals surface area contributed by atoms with Crippen LogP contribution in [0.4, 0.5) is 23.3 Å². The van der Waals surface area contributed by atoms with Crippen molar-refractivity contribution in [2.75, 3.05) is 10.6 Å². The maximum Gasteiger partial charge on any atom is 0.345 e. The number of rotatable bonds is 6. The molecule has 0 aromatic carbocycles. The average molecular weight is 444 g/mol. The van der Waals surface area contributed by atoms with Crippen molar-refractivity contribution in [3.05, 3.63) is 70.8 Å². The number of hydrogen-bond donors (Lipinski definition) is 3. The van der Waals surface area contributed by atoms with Gasteiger partial charge < -0.3 is 15.7 Å². The van der Waals surface area contributed by atoms with E-state index in [1.54, 1.807) is 22.2 Å². The van der Waals surface area contributed by atoms with Crippen LogP contribution in [0, 0.1) is 6.92 Å². The van der Waals surface area contributed by atoms with Crippen LogP contribution in [0.25, 0.3) is 17.0 Å². The minimum absolute atomic E-state index is 0.232. The molecule has 0 saturated heterocycles. The number of aromatic carboxylic acids is 1. The number of carboxylic acid groups (broad SMARTS) is 1. The lowest BCUT2D eigenvalue weighted by Crippen LogP contribution is -2.06. The Hall–Kier alpha value is -4.38. The predicted molar refractivity (Wildman–Crippen MR) is 121 cm³/mol. The lowest BCUT2D eigenvalue weighted by atomic mass is 10.3. The van der Waals surface area contributed by atoms with Crippen molar-refractivity contribution >= 4 is 46.1 Å². The van der Waals surface area contributed by atoms with Crippen LogP contribution in [0.3, 0.4) is 0 Å². The van der Waals surface area contributed by atoms with Gasteiger partial charge in [-0.2, -0.15) is 4.98 Å². The quantitative estimate of drug-likeness (QED) is 0.354. The molecule has 0 radical (unpaired) electrons. The zero-order valence-electron chi connectivity index (χ0n) is 16.7.